The van der Waals surface area contributed by atoms with E-state index in [-0.39, 0.29) is 5.92 Å². The summed E-state index contributed by atoms with van der Waals surface area (Å²) in [5, 5.41) is 9.97. The topological polar surface area (TPSA) is 53.0 Å². The molecule has 0 bridgehead atoms. The monoisotopic (exact) mass is 404 g/mol. The summed E-state index contributed by atoms with van der Waals surface area (Å²) < 4.78 is 5.30. The fourth-order valence-corrected chi connectivity index (χ4v) is 3.57. The Morgan fingerprint density at radius 1 is 0.800 bits per heavy atom. The summed E-state index contributed by atoms with van der Waals surface area (Å²) in [4.78, 5) is 16.1. The van der Waals surface area contributed by atoms with Gasteiger partial charge in [0.2, 0.25) is 0 Å². The van der Waals surface area contributed by atoms with E-state index in [1.54, 1.807) is 13.2 Å². The molecule has 5 nitrogen and oxygen atoms in total. The van der Waals surface area contributed by atoms with Crippen molar-refractivity contribution in [1.82, 2.24) is 0 Å². The van der Waals surface area contributed by atoms with Crippen molar-refractivity contribution in [3.8, 4) is 5.75 Å². The van der Waals surface area contributed by atoms with Crippen molar-refractivity contribution in [2.45, 2.75) is 5.92 Å². The van der Waals surface area contributed by atoms with Crippen LogP contribution in [0.3, 0.4) is 0 Å². The van der Waals surface area contributed by atoms with Crippen LogP contribution in [0.15, 0.2) is 66.7 Å². The SMILES string of the molecule is COc1ccc(C(c2ccc(N(C)C)cc2)c2ccc(N(C)C)cc2C(=O)O)cc1. The Kier molecular flexibility index (Phi) is 6.31. The van der Waals surface area contributed by atoms with Crippen LogP contribution >= 0.6 is 0 Å². The number of carboxylic acids is 1. The Morgan fingerprint density at radius 3 is 1.77 bits per heavy atom. The highest BCUT2D eigenvalue weighted by Crippen LogP contribution is 2.36. The van der Waals surface area contributed by atoms with Gasteiger partial charge in [-0.05, 0) is 53.1 Å². The molecule has 3 aromatic carbocycles. The zero-order valence-corrected chi connectivity index (χ0v) is 18.1. The van der Waals surface area contributed by atoms with Crippen LogP contribution in [0.1, 0.15) is 33.0 Å². The molecule has 0 fully saturated rings. The minimum absolute atomic E-state index is 0.213. The molecule has 30 heavy (non-hydrogen) atoms. The quantitative estimate of drug-likeness (QED) is 0.578. The number of hydrogen-bond acceptors (Lipinski definition) is 4. The van der Waals surface area contributed by atoms with Gasteiger partial charge in [-0.1, -0.05) is 30.3 Å². The van der Waals surface area contributed by atoms with E-state index < -0.39 is 5.97 Å². The molecule has 0 aliphatic rings. The first-order valence-electron chi connectivity index (χ1n) is 9.77. The molecular formula is C25H28N2O3. The van der Waals surface area contributed by atoms with E-state index in [9.17, 15) is 9.90 Å². The summed E-state index contributed by atoms with van der Waals surface area (Å²) in [6, 6.07) is 21.7. The van der Waals surface area contributed by atoms with Crippen LogP contribution < -0.4 is 14.5 Å². The third kappa shape index (κ3) is 4.40. The number of benzene rings is 3. The lowest BCUT2D eigenvalue weighted by atomic mass is 9.82. The van der Waals surface area contributed by atoms with E-state index in [0.717, 1.165) is 33.8 Å². The van der Waals surface area contributed by atoms with E-state index in [0.29, 0.717) is 5.56 Å². The van der Waals surface area contributed by atoms with Gasteiger partial charge in [-0.2, -0.15) is 0 Å². The first-order chi connectivity index (χ1) is 14.3. The Bertz CT molecular complexity index is 1010. The second-order valence-corrected chi connectivity index (χ2v) is 7.66. The van der Waals surface area contributed by atoms with Gasteiger partial charge < -0.3 is 19.6 Å². The van der Waals surface area contributed by atoms with Crippen LogP contribution in [0.4, 0.5) is 11.4 Å². The maximum Gasteiger partial charge on any atom is 0.336 e. The largest absolute Gasteiger partial charge is 0.497 e. The first kappa shape index (κ1) is 21.2. The zero-order chi connectivity index (χ0) is 21.8. The molecule has 1 atom stereocenters. The number of carboxylic acid groups (broad SMARTS) is 1. The highest BCUT2D eigenvalue weighted by molar-refractivity contribution is 5.91. The summed E-state index contributed by atoms with van der Waals surface area (Å²) in [7, 11) is 9.44. The summed E-state index contributed by atoms with van der Waals surface area (Å²) in [6.45, 7) is 0. The van der Waals surface area contributed by atoms with E-state index in [1.165, 1.54) is 0 Å². The minimum atomic E-state index is -0.933. The summed E-state index contributed by atoms with van der Waals surface area (Å²) in [5.74, 6) is -0.381. The van der Waals surface area contributed by atoms with Gasteiger partial charge in [-0.3, -0.25) is 0 Å². The van der Waals surface area contributed by atoms with Crippen molar-refractivity contribution >= 4 is 17.3 Å². The average molecular weight is 405 g/mol. The molecule has 156 valence electrons. The van der Waals surface area contributed by atoms with Crippen LogP contribution in [0.2, 0.25) is 0 Å². The van der Waals surface area contributed by atoms with E-state index in [2.05, 4.69) is 24.3 Å². The molecule has 1 unspecified atom stereocenters. The van der Waals surface area contributed by atoms with Crippen LogP contribution in [-0.2, 0) is 0 Å². The van der Waals surface area contributed by atoms with Crippen LogP contribution in [0, 0.1) is 0 Å². The average Bonchev–Trinajstić information content (AvgIpc) is 2.74. The number of ether oxygens (including phenoxy) is 1. The molecule has 3 rings (SSSR count). The lowest BCUT2D eigenvalue weighted by molar-refractivity contribution is 0.0695. The maximum atomic E-state index is 12.2. The third-order valence-electron chi connectivity index (χ3n) is 5.29. The smallest absolute Gasteiger partial charge is 0.336 e. The molecule has 1 N–H and O–H groups in total. The molecule has 0 aliphatic heterocycles. The van der Waals surface area contributed by atoms with Crippen LogP contribution in [0.5, 0.6) is 5.75 Å². The van der Waals surface area contributed by atoms with Gasteiger partial charge in [0.1, 0.15) is 5.75 Å². The molecule has 0 aliphatic carbocycles. The van der Waals surface area contributed by atoms with Gasteiger partial charge in [0, 0.05) is 45.5 Å². The van der Waals surface area contributed by atoms with Crippen molar-refractivity contribution in [2.24, 2.45) is 0 Å². The second-order valence-electron chi connectivity index (χ2n) is 7.66. The summed E-state index contributed by atoms with van der Waals surface area (Å²) in [6.07, 6.45) is 0. The Morgan fingerprint density at radius 2 is 1.30 bits per heavy atom. The van der Waals surface area contributed by atoms with Crippen molar-refractivity contribution in [3.05, 3.63) is 89.0 Å². The van der Waals surface area contributed by atoms with Crippen LogP contribution in [0.25, 0.3) is 0 Å². The predicted molar refractivity (Wildman–Crippen MR) is 122 cm³/mol. The molecule has 0 aromatic heterocycles. The van der Waals surface area contributed by atoms with Crippen molar-refractivity contribution < 1.29 is 14.6 Å². The number of hydrogen-bond donors (Lipinski definition) is 1. The first-order valence-corrected chi connectivity index (χ1v) is 9.77. The molecule has 0 heterocycles. The Labute approximate surface area is 178 Å². The number of carbonyl (C=O) groups is 1. The van der Waals surface area contributed by atoms with Gasteiger partial charge in [-0.25, -0.2) is 4.79 Å². The standard InChI is InChI=1S/C25H28N2O3/c1-26(2)19-10-6-17(7-11-19)24(18-8-13-21(30-5)14-9-18)22-15-12-20(27(3)4)16-23(22)25(28)29/h6-16,24H,1-5H3,(H,28,29). The molecule has 0 saturated carbocycles. The fourth-order valence-electron chi connectivity index (χ4n) is 3.57. The molecule has 3 aromatic rings. The number of aromatic carboxylic acids is 1. The number of anilines is 2. The molecule has 0 saturated heterocycles. The lowest BCUT2D eigenvalue weighted by Gasteiger charge is -2.23. The molecule has 0 spiro atoms. The highest BCUT2D eigenvalue weighted by Gasteiger charge is 2.23. The number of nitrogens with zero attached hydrogens (tertiary/aromatic N) is 2. The molecule has 0 amide bonds. The van der Waals surface area contributed by atoms with Crippen molar-refractivity contribution in [2.75, 3.05) is 45.1 Å². The molecule has 5 heteroatoms. The lowest BCUT2D eigenvalue weighted by Crippen LogP contribution is -2.14. The van der Waals surface area contributed by atoms with Crippen molar-refractivity contribution in [1.29, 1.82) is 0 Å². The third-order valence-corrected chi connectivity index (χ3v) is 5.29. The zero-order valence-electron chi connectivity index (χ0n) is 18.1. The normalized spacial score (nSPS) is 11.6. The second kappa shape index (κ2) is 8.91. The van der Waals surface area contributed by atoms with Crippen molar-refractivity contribution in [3.63, 3.8) is 0 Å². The van der Waals surface area contributed by atoms with Gasteiger partial charge in [0.25, 0.3) is 0 Å². The Balaban J connectivity index is 2.19. The Hall–Kier alpha value is -3.47. The van der Waals surface area contributed by atoms with Crippen LogP contribution in [-0.4, -0.2) is 46.4 Å². The summed E-state index contributed by atoms with van der Waals surface area (Å²) in [5.41, 5.74) is 5.05. The number of methoxy groups -OCH3 is 1. The van der Waals surface area contributed by atoms with Gasteiger partial charge in [-0.15, -0.1) is 0 Å². The fraction of sp³-hybridized carbons (Fsp3) is 0.240. The molecule has 0 radical (unpaired) electrons. The predicted octanol–water partition coefficient (Wildman–Crippen LogP) is 4.71. The van der Waals surface area contributed by atoms with Gasteiger partial charge >= 0.3 is 5.97 Å². The van der Waals surface area contributed by atoms with Gasteiger partial charge in [0.15, 0.2) is 0 Å². The van der Waals surface area contributed by atoms with E-state index >= 15 is 0 Å². The van der Waals surface area contributed by atoms with E-state index in [4.69, 9.17) is 4.74 Å². The number of rotatable bonds is 7. The minimum Gasteiger partial charge on any atom is -0.497 e. The molecular weight excluding hydrogens is 376 g/mol. The maximum absolute atomic E-state index is 12.2. The van der Waals surface area contributed by atoms with Gasteiger partial charge in [0.05, 0.1) is 12.7 Å². The summed E-state index contributed by atoms with van der Waals surface area (Å²) >= 11 is 0. The highest BCUT2D eigenvalue weighted by atomic mass is 16.5. The van der Waals surface area contributed by atoms with E-state index in [1.807, 2.05) is 74.4 Å².